The lowest BCUT2D eigenvalue weighted by molar-refractivity contribution is 0.120. The summed E-state index contributed by atoms with van der Waals surface area (Å²) in [6.07, 6.45) is 25.1. The molecule has 3 aliphatic rings. The number of rotatable bonds is 9. The van der Waals surface area contributed by atoms with Crippen molar-refractivity contribution in [2.45, 2.75) is 123 Å². The van der Waals surface area contributed by atoms with Gasteiger partial charge in [-0.15, -0.1) is 0 Å². The summed E-state index contributed by atoms with van der Waals surface area (Å²) in [4.78, 5) is 0. The minimum absolute atomic E-state index is 0.197. The monoisotopic (exact) mass is 486 g/mol. The molecular formula is C32H48ClF. The first-order chi connectivity index (χ1) is 16.6. The Morgan fingerprint density at radius 1 is 0.794 bits per heavy atom. The van der Waals surface area contributed by atoms with E-state index in [1.807, 2.05) is 6.07 Å². The van der Waals surface area contributed by atoms with Gasteiger partial charge >= 0.3 is 0 Å². The van der Waals surface area contributed by atoms with Gasteiger partial charge in [0.05, 0.1) is 5.02 Å². The Balaban J connectivity index is 1.23. The second-order valence-corrected chi connectivity index (χ2v) is 12.2. The molecular weight excluding hydrogens is 439 g/mol. The Morgan fingerprint density at radius 2 is 1.44 bits per heavy atom. The van der Waals surface area contributed by atoms with E-state index in [1.54, 1.807) is 0 Å². The molecule has 2 fully saturated rings. The average Bonchev–Trinajstić information content (AvgIpc) is 2.88. The maximum atomic E-state index is 14.7. The van der Waals surface area contributed by atoms with Crippen molar-refractivity contribution in [3.8, 4) is 0 Å². The van der Waals surface area contributed by atoms with Crippen LogP contribution in [0.2, 0.25) is 5.02 Å². The van der Waals surface area contributed by atoms with Gasteiger partial charge in [0.2, 0.25) is 0 Å². The number of hydrogen-bond donors (Lipinski definition) is 0. The zero-order chi connectivity index (χ0) is 23.9. The van der Waals surface area contributed by atoms with Gasteiger partial charge in [0, 0.05) is 0 Å². The Bertz CT molecular complexity index is 795. The molecule has 0 nitrogen and oxygen atoms in total. The smallest absolute Gasteiger partial charge is 0.145 e. The van der Waals surface area contributed by atoms with Crippen molar-refractivity contribution in [1.82, 2.24) is 0 Å². The molecule has 0 bridgehead atoms. The highest BCUT2D eigenvalue weighted by molar-refractivity contribution is 6.32. The lowest BCUT2D eigenvalue weighted by atomic mass is 9.65. The van der Waals surface area contributed by atoms with Gasteiger partial charge < -0.3 is 0 Å². The van der Waals surface area contributed by atoms with Crippen molar-refractivity contribution in [3.63, 3.8) is 0 Å². The number of hydrogen-bond acceptors (Lipinski definition) is 0. The first-order valence-corrected chi connectivity index (χ1v) is 15.1. The van der Waals surface area contributed by atoms with E-state index in [4.69, 9.17) is 11.6 Å². The van der Waals surface area contributed by atoms with Crippen molar-refractivity contribution >= 4 is 17.2 Å². The fourth-order valence-corrected chi connectivity index (χ4v) is 7.85. The molecule has 0 heterocycles. The summed E-state index contributed by atoms with van der Waals surface area (Å²) in [7, 11) is 0. The highest BCUT2D eigenvalue weighted by atomic mass is 35.5. The van der Waals surface area contributed by atoms with Crippen LogP contribution >= 0.6 is 11.6 Å². The summed E-state index contributed by atoms with van der Waals surface area (Å²) in [6, 6.07) is 4.01. The summed E-state index contributed by atoms with van der Waals surface area (Å²) >= 11 is 6.47. The van der Waals surface area contributed by atoms with Crippen LogP contribution in [0.1, 0.15) is 128 Å². The molecule has 0 aromatic heterocycles. The van der Waals surface area contributed by atoms with Crippen molar-refractivity contribution in [1.29, 1.82) is 0 Å². The highest BCUT2D eigenvalue weighted by Gasteiger charge is 2.33. The molecule has 2 heteroatoms. The van der Waals surface area contributed by atoms with Gasteiger partial charge in [-0.2, -0.15) is 0 Å². The SMILES string of the molecule is CCCCCC1CCC(C2CCC(C3CC=C(c4ccc(CCC)c(F)c4Cl)CC3)CC2)CC1. The summed E-state index contributed by atoms with van der Waals surface area (Å²) in [6.45, 7) is 4.40. The average molecular weight is 487 g/mol. The molecule has 0 amide bonds. The molecule has 1 aromatic rings. The Morgan fingerprint density at radius 3 is 2.03 bits per heavy atom. The van der Waals surface area contributed by atoms with E-state index < -0.39 is 0 Å². The van der Waals surface area contributed by atoms with E-state index in [9.17, 15) is 4.39 Å². The van der Waals surface area contributed by atoms with E-state index in [-0.39, 0.29) is 5.82 Å². The third-order valence-electron chi connectivity index (χ3n) is 9.74. The van der Waals surface area contributed by atoms with E-state index >= 15 is 0 Å². The molecule has 0 aliphatic heterocycles. The Hall–Kier alpha value is -0.820. The Labute approximate surface area is 214 Å². The van der Waals surface area contributed by atoms with Crippen LogP contribution in [0.5, 0.6) is 0 Å². The van der Waals surface area contributed by atoms with Gasteiger partial charge in [-0.25, -0.2) is 4.39 Å². The second-order valence-electron chi connectivity index (χ2n) is 11.9. The largest absolute Gasteiger partial charge is 0.205 e. The zero-order valence-electron chi connectivity index (χ0n) is 21.9. The van der Waals surface area contributed by atoms with Gasteiger partial charge in [-0.3, -0.25) is 0 Å². The van der Waals surface area contributed by atoms with Crippen LogP contribution in [0, 0.1) is 35.4 Å². The normalized spacial score (nSPS) is 30.2. The van der Waals surface area contributed by atoms with Crippen molar-refractivity contribution < 1.29 is 4.39 Å². The van der Waals surface area contributed by atoms with Gasteiger partial charge in [0.1, 0.15) is 5.82 Å². The molecule has 3 aliphatic carbocycles. The van der Waals surface area contributed by atoms with Gasteiger partial charge in [-0.05, 0) is 110 Å². The fourth-order valence-electron chi connectivity index (χ4n) is 7.55. The minimum atomic E-state index is -0.197. The number of unbranched alkanes of at least 4 members (excludes halogenated alkanes) is 2. The maximum absolute atomic E-state index is 14.7. The molecule has 190 valence electrons. The summed E-state index contributed by atoms with van der Waals surface area (Å²) in [5, 5.41) is 0.344. The van der Waals surface area contributed by atoms with E-state index in [0.717, 1.165) is 66.4 Å². The molecule has 2 saturated carbocycles. The first kappa shape index (κ1) is 26.2. The van der Waals surface area contributed by atoms with E-state index in [1.165, 1.54) is 89.0 Å². The van der Waals surface area contributed by atoms with Crippen LogP contribution in [0.25, 0.3) is 5.57 Å². The van der Waals surface area contributed by atoms with Crippen molar-refractivity contribution in [2.75, 3.05) is 0 Å². The topological polar surface area (TPSA) is 0 Å². The lowest BCUT2D eigenvalue weighted by Crippen LogP contribution is -2.28. The van der Waals surface area contributed by atoms with E-state index in [0.29, 0.717) is 5.02 Å². The van der Waals surface area contributed by atoms with Crippen LogP contribution in [0.4, 0.5) is 4.39 Å². The third-order valence-corrected chi connectivity index (χ3v) is 10.1. The third kappa shape index (κ3) is 6.48. The van der Waals surface area contributed by atoms with E-state index in [2.05, 4.69) is 26.0 Å². The van der Waals surface area contributed by atoms with Crippen LogP contribution < -0.4 is 0 Å². The number of allylic oxidation sites excluding steroid dienone is 2. The summed E-state index contributed by atoms with van der Waals surface area (Å²) in [5.41, 5.74) is 2.96. The summed E-state index contributed by atoms with van der Waals surface area (Å²) in [5.74, 6) is 4.59. The van der Waals surface area contributed by atoms with Gasteiger partial charge in [0.25, 0.3) is 0 Å². The number of aryl methyl sites for hydroxylation is 1. The lowest BCUT2D eigenvalue weighted by Gasteiger charge is -2.40. The van der Waals surface area contributed by atoms with Crippen molar-refractivity contribution in [2.24, 2.45) is 29.6 Å². The molecule has 1 aromatic carbocycles. The molecule has 4 rings (SSSR count). The molecule has 1 atom stereocenters. The second kappa shape index (κ2) is 12.9. The van der Waals surface area contributed by atoms with Crippen LogP contribution in [0.3, 0.4) is 0 Å². The molecule has 1 unspecified atom stereocenters. The zero-order valence-corrected chi connectivity index (χ0v) is 22.7. The predicted molar refractivity (Wildman–Crippen MR) is 146 cm³/mol. The van der Waals surface area contributed by atoms with Crippen LogP contribution in [-0.2, 0) is 6.42 Å². The maximum Gasteiger partial charge on any atom is 0.145 e. The van der Waals surface area contributed by atoms with Gasteiger partial charge in [0.15, 0.2) is 0 Å². The number of halogens is 2. The molecule has 0 spiro atoms. The standard InChI is InChI=1S/C32H48ClF/c1-3-5-6-8-23-9-11-24(12-10-23)25-13-15-26(16-14-25)27-17-19-28(20-18-27)30-22-21-29(7-4-2)32(34)31(30)33/h19,21-27H,3-18,20H2,1-2H3. The molecule has 0 radical (unpaired) electrons. The number of benzene rings is 1. The Kier molecular flexibility index (Phi) is 9.99. The summed E-state index contributed by atoms with van der Waals surface area (Å²) < 4.78 is 14.7. The molecule has 0 saturated heterocycles. The first-order valence-electron chi connectivity index (χ1n) is 14.8. The van der Waals surface area contributed by atoms with Crippen LogP contribution in [0.15, 0.2) is 18.2 Å². The molecule has 34 heavy (non-hydrogen) atoms. The molecule has 0 N–H and O–H groups in total. The highest BCUT2D eigenvalue weighted by Crippen LogP contribution is 2.46. The van der Waals surface area contributed by atoms with Crippen molar-refractivity contribution in [3.05, 3.63) is 40.2 Å². The minimum Gasteiger partial charge on any atom is -0.205 e. The van der Waals surface area contributed by atoms with Gasteiger partial charge in [-0.1, -0.05) is 88.6 Å². The van der Waals surface area contributed by atoms with Crippen LogP contribution in [-0.4, -0.2) is 0 Å². The quantitative estimate of drug-likeness (QED) is 0.304. The fraction of sp³-hybridized carbons (Fsp3) is 0.750. The predicted octanol–water partition coefficient (Wildman–Crippen LogP) is 10.8.